The van der Waals surface area contributed by atoms with Crippen molar-refractivity contribution < 1.29 is 5.11 Å². The number of hydrogen-bond donors (Lipinski definition) is 1. The number of aliphatic hydroxyl groups is 1. The highest BCUT2D eigenvalue weighted by Crippen LogP contribution is 2.62. The molecule has 0 bridgehead atoms. The van der Waals surface area contributed by atoms with Crippen molar-refractivity contribution in [1.29, 1.82) is 0 Å². The lowest BCUT2D eigenvalue weighted by Gasteiger charge is -2.60. The van der Waals surface area contributed by atoms with Gasteiger partial charge in [0.1, 0.15) is 0 Å². The summed E-state index contributed by atoms with van der Waals surface area (Å²) in [5, 5.41) is 10.5. The molecule has 0 amide bonds. The fraction of sp³-hybridized carbons (Fsp3) is 0.867. The Balaban J connectivity index is 2.44. The van der Waals surface area contributed by atoms with Crippen LogP contribution in [0, 0.1) is 16.2 Å². The van der Waals surface area contributed by atoms with Gasteiger partial charge in [0.2, 0.25) is 0 Å². The third-order valence-corrected chi connectivity index (χ3v) is 5.86. The smallest absolute Gasteiger partial charge is 0.0604 e. The lowest BCUT2D eigenvalue weighted by Crippen LogP contribution is -2.56. The Hall–Kier alpha value is -0.300. The summed E-state index contributed by atoms with van der Waals surface area (Å²) in [5.74, 6) is 0. The van der Waals surface area contributed by atoms with Crippen LogP contribution in [0.25, 0.3) is 0 Å². The third-order valence-electron chi connectivity index (χ3n) is 5.86. The summed E-state index contributed by atoms with van der Waals surface area (Å²) >= 11 is 0. The van der Waals surface area contributed by atoms with Crippen LogP contribution in [0.4, 0.5) is 0 Å². The average Bonchev–Trinajstić information content (AvgIpc) is 2.18. The molecule has 0 aliphatic heterocycles. The van der Waals surface area contributed by atoms with Crippen LogP contribution in [0.15, 0.2) is 12.2 Å². The first-order valence-corrected chi connectivity index (χ1v) is 6.69. The summed E-state index contributed by atoms with van der Waals surface area (Å²) in [5.41, 5.74) is 0.474. The summed E-state index contributed by atoms with van der Waals surface area (Å²) in [6.07, 6.45) is 10.3. The molecule has 1 heteroatoms. The van der Waals surface area contributed by atoms with E-state index < -0.39 is 0 Å². The maximum atomic E-state index is 10.5. The van der Waals surface area contributed by atoms with Crippen molar-refractivity contribution in [2.45, 2.75) is 65.9 Å². The van der Waals surface area contributed by atoms with Gasteiger partial charge in [-0.25, -0.2) is 0 Å². The summed E-state index contributed by atoms with van der Waals surface area (Å²) in [6, 6.07) is 0. The first kappa shape index (κ1) is 12.2. The van der Waals surface area contributed by atoms with E-state index in [1.165, 1.54) is 19.3 Å². The predicted octanol–water partition coefficient (Wildman–Crippen LogP) is 3.92. The molecule has 1 saturated carbocycles. The van der Waals surface area contributed by atoms with Gasteiger partial charge in [-0.1, -0.05) is 52.7 Å². The molecule has 0 aromatic carbocycles. The molecule has 0 radical (unpaired) electrons. The lowest BCUT2D eigenvalue weighted by atomic mass is 9.45. The fourth-order valence-corrected chi connectivity index (χ4v) is 3.86. The molecular weight excluding hydrogens is 196 g/mol. The maximum absolute atomic E-state index is 10.5. The van der Waals surface area contributed by atoms with Crippen molar-refractivity contribution in [2.75, 3.05) is 0 Å². The molecular formula is C15H26O. The highest BCUT2D eigenvalue weighted by atomic mass is 16.3. The van der Waals surface area contributed by atoms with Gasteiger partial charge in [0.25, 0.3) is 0 Å². The summed E-state index contributed by atoms with van der Waals surface area (Å²) in [6.45, 7) is 9.33. The van der Waals surface area contributed by atoms with Crippen LogP contribution < -0.4 is 0 Å². The normalized spacial score (nSPS) is 41.2. The highest BCUT2D eigenvalue weighted by Gasteiger charge is 2.57. The first-order chi connectivity index (χ1) is 7.33. The van der Waals surface area contributed by atoms with Gasteiger partial charge >= 0.3 is 0 Å². The van der Waals surface area contributed by atoms with Gasteiger partial charge in [0.15, 0.2) is 0 Å². The Morgan fingerprint density at radius 2 is 1.81 bits per heavy atom. The van der Waals surface area contributed by atoms with Gasteiger partial charge in [-0.05, 0) is 30.1 Å². The van der Waals surface area contributed by atoms with E-state index in [1.807, 2.05) is 0 Å². The van der Waals surface area contributed by atoms with Crippen LogP contribution >= 0.6 is 0 Å². The van der Waals surface area contributed by atoms with Gasteiger partial charge in [0, 0.05) is 5.41 Å². The second-order valence-electron chi connectivity index (χ2n) is 6.87. The summed E-state index contributed by atoms with van der Waals surface area (Å²) < 4.78 is 0. The standard InChI is InChI=1S/C15H26O/c1-13(2)9-7-11-15(14(13,3)4)10-6-5-8-12(15)16/h7,9,12,16H,5-6,8,10-11H2,1-4H3. The zero-order chi connectivity index (χ0) is 12.0. The molecule has 2 rings (SSSR count). The quantitative estimate of drug-likeness (QED) is 0.616. The topological polar surface area (TPSA) is 20.2 Å². The third kappa shape index (κ3) is 1.40. The molecule has 2 aliphatic carbocycles. The molecule has 1 nitrogen and oxygen atoms in total. The number of allylic oxidation sites excluding steroid dienone is 2. The van der Waals surface area contributed by atoms with E-state index in [2.05, 4.69) is 39.8 Å². The Labute approximate surface area is 99.9 Å². The Bertz CT molecular complexity index is 301. The molecule has 16 heavy (non-hydrogen) atoms. The van der Waals surface area contributed by atoms with E-state index in [4.69, 9.17) is 0 Å². The zero-order valence-electron chi connectivity index (χ0n) is 11.2. The van der Waals surface area contributed by atoms with Crippen LogP contribution in [0.2, 0.25) is 0 Å². The number of hydrogen-bond acceptors (Lipinski definition) is 1. The van der Waals surface area contributed by atoms with Crippen molar-refractivity contribution >= 4 is 0 Å². The van der Waals surface area contributed by atoms with E-state index >= 15 is 0 Å². The van der Waals surface area contributed by atoms with Crippen molar-refractivity contribution in [1.82, 2.24) is 0 Å². The Morgan fingerprint density at radius 3 is 2.44 bits per heavy atom. The van der Waals surface area contributed by atoms with E-state index in [0.717, 1.165) is 12.8 Å². The van der Waals surface area contributed by atoms with Gasteiger partial charge in [-0.3, -0.25) is 0 Å². The van der Waals surface area contributed by atoms with Crippen LogP contribution in [-0.2, 0) is 0 Å². The van der Waals surface area contributed by atoms with Crippen LogP contribution in [-0.4, -0.2) is 11.2 Å². The van der Waals surface area contributed by atoms with Crippen LogP contribution in [0.3, 0.4) is 0 Å². The van der Waals surface area contributed by atoms with Crippen molar-refractivity contribution in [3.05, 3.63) is 12.2 Å². The second-order valence-corrected chi connectivity index (χ2v) is 6.87. The fourth-order valence-electron chi connectivity index (χ4n) is 3.86. The molecule has 2 unspecified atom stereocenters. The first-order valence-electron chi connectivity index (χ1n) is 6.69. The second kappa shape index (κ2) is 3.60. The molecule has 0 aromatic rings. The van der Waals surface area contributed by atoms with Gasteiger partial charge in [-0.2, -0.15) is 0 Å². The number of aliphatic hydroxyl groups excluding tert-OH is 1. The van der Waals surface area contributed by atoms with Gasteiger partial charge in [-0.15, -0.1) is 0 Å². The van der Waals surface area contributed by atoms with Crippen molar-refractivity contribution in [3.8, 4) is 0 Å². The molecule has 1 spiro atoms. The Morgan fingerprint density at radius 1 is 1.12 bits per heavy atom. The monoisotopic (exact) mass is 222 g/mol. The molecule has 1 N–H and O–H groups in total. The minimum absolute atomic E-state index is 0.111. The molecule has 1 fully saturated rings. The Kier molecular flexibility index (Phi) is 2.73. The lowest BCUT2D eigenvalue weighted by molar-refractivity contribution is -0.132. The molecule has 0 heterocycles. The van der Waals surface area contributed by atoms with E-state index in [0.29, 0.717) is 0 Å². The zero-order valence-corrected chi connectivity index (χ0v) is 11.2. The molecule has 2 aliphatic rings. The largest absolute Gasteiger partial charge is 0.393 e. The molecule has 0 saturated heterocycles. The van der Waals surface area contributed by atoms with Crippen LogP contribution in [0.5, 0.6) is 0 Å². The maximum Gasteiger partial charge on any atom is 0.0604 e. The minimum atomic E-state index is -0.111. The highest BCUT2D eigenvalue weighted by molar-refractivity contribution is 5.18. The SMILES string of the molecule is CC1(C)C=CCC2(CCCCC2O)C1(C)C. The minimum Gasteiger partial charge on any atom is -0.393 e. The van der Waals surface area contributed by atoms with Crippen LogP contribution in [0.1, 0.15) is 59.8 Å². The van der Waals surface area contributed by atoms with E-state index in [1.54, 1.807) is 0 Å². The van der Waals surface area contributed by atoms with Crippen molar-refractivity contribution in [2.24, 2.45) is 16.2 Å². The molecule has 2 atom stereocenters. The number of rotatable bonds is 0. The van der Waals surface area contributed by atoms with Gasteiger partial charge < -0.3 is 5.11 Å². The predicted molar refractivity (Wildman–Crippen MR) is 68.2 cm³/mol. The molecule has 0 aromatic heterocycles. The summed E-state index contributed by atoms with van der Waals surface area (Å²) in [4.78, 5) is 0. The van der Waals surface area contributed by atoms with Crippen molar-refractivity contribution in [3.63, 3.8) is 0 Å². The summed E-state index contributed by atoms with van der Waals surface area (Å²) in [7, 11) is 0. The van der Waals surface area contributed by atoms with E-state index in [9.17, 15) is 5.11 Å². The van der Waals surface area contributed by atoms with E-state index in [-0.39, 0.29) is 22.3 Å². The molecule has 92 valence electrons. The average molecular weight is 222 g/mol. The van der Waals surface area contributed by atoms with Gasteiger partial charge in [0.05, 0.1) is 6.10 Å².